The molecule has 1 N–H and O–H groups in total. The second-order valence-corrected chi connectivity index (χ2v) is 6.43. The van der Waals surface area contributed by atoms with Crippen LogP contribution in [0.2, 0.25) is 5.02 Å². The van der Waals surface area contributed by atoms with Crippen LogP contribution in [0.15, 0.2) is 65.1 Å². The largest absolute Gasteiger partial charge is 0.451 e. The topological polar surface area (TPSA) is 42.2 Å². The summed E-state index contributed by atoms with van der Waals surface area (Å²) < 4.78 is 44.0. The van der Waals surface area contributed by atoms with E-state index < -0.39 is 17.6 Å². The summed E-state index contributed by atoms with van der Waals surface area (Å²) in [5, 5.41) is 3.37. The zero-order chi connectivity index (χ0) is 19.6. The van der Waals surface area contributed by atoms with Crippen LogP contribution >= 0.6 is 11.6 Å². The Morgan fingerprint density at radius 1 is 1.07 bits per heavy atom. The minimum Gasteiger partial charge on any atom is -0.451 e. The van der Waals surface area contributed by atoms with E-state index in [0.717, 1.165) is 17.7 Å². The van der Waals surface area contributed by atoms with Gasteiger partial charge < -0.3 is 9.73 Å². The number of benzene rings is 2. The minimum atomic E-state index is -4.45. The Morgan fingerprint density at radius 2 is 1.78 bits per heavy atom. The van der Waals surface area contributed by atoms with Crippen molar-refractivity contribution in [3.63, 3.8) is 0 Å². The molecule has 2 aromatic carbocycles. The van der Waals surface area contributed by atoms with Gasteiger partial charge in [0.15, 0.2) is 5.76 Å². The van der Waals surface area contributed by atoms with Crippen LogP contribution in [0.3, 0.4) is 0 Å². The van der Waals surface area contributed by atoms with Gasteiger partial charge in [-0.3, -0.25) is 4.79 Å². The minimum absolute atomic E-state index is 0.0169. The van der Waals surface area contributed by atoms with Gasteiger partial charge in [0, 0.05) is 10.6 Å². The number of hydrogen-bond acceptors (Lipinski definition) is 2. The number of hydrogen-bond donors (Lipinski definition) is 1. The van der Waals surface area contributed by atoms with Gasteiger partial charge in [-0.15, -0.1) is 0 Å². The molecular weight excluding hydrogens is 379 g/mol. The van der Waals surface area contributed by atoms with Crippen molar-refractivity contribution in [1.29, 1.82) is 0 Å². The third-order valence-corrected chi connectivity index (χ3v) is 4.27. The second-order valence-electron chi connectivity index (χ2n) is 5.99. The lowest BCUT2D eigenvalue weighted by Gasteiger charge is -2.13. The van der Waals surface area contributed by atoms with Crippen molar-refractivity contribution in [2.75, 3.05) is 0 Å². The van der Waals surface area contributed by atoms with E-state index in [0.29, 0.717) is 5.02 Å². The molecule has 0 fully saturated rings. The molecule has 140 valence electrons. The van der Waals surface area contributed by atoms with Gasteiger partial charge in [-0.1, -0.05) is 35.9 Å². The first kappa shape index (κ1) is 19.0. The smallest absolute Gasteiger partial charge is 0.416 e. The molecule has 0 spiro atoms. The highest BCUT2D eigenvalue weighted by Gasteiger charge is 2.30. The molecule has 1 amide bonds. The number of nitrogens with one attached hydrogen (secondary N) is 1. The monoisotopic (exact) mass is 393 g/mol. The lowest BCUT2D eigenvalue weighted by atomic mass is 10.1. The van der Waals surface area contributed by atoms with Crippen LogP contribution in [0.4, 0.5) is 13.2 Å². The SMILES string of the molecule is CC(NC(=O)c1ccc(-c2cccc(C(F)(F)F)c2)o1)c1ccc(Cl)cc1. The van der Waals surface area contributed by atoms with Gasteiger partial charge in [-0.25, -0.2) is 0 Å². The van der Waals surface area contributed by atoms with Gasteiger partial charge in [0.2, 0.25) is 0 Å². The highest BCUT2D eigenvalue weighted by atomic mass is 35.5. The fourth-order valence-corrected chi connectivity index (χ4v) is 2.69. The van der Waals surface area contributed by atoms with Crippen LogP contribution in [-0.4, -0.2) is 5.91 Å². The molecule has 3 nitrogen and oxygen atoms in total. The first-order valence-corrected chi connectivity index (χ1v) is 8.45. The average Bonchev–Trinajstić information content (AvgIpc) is 3.12. The number of furan rings is 1. The highest BCUT2D eigenvalue weighted by molar-refractivity contribution is 6.30. The third kappa shape index (κ3) is 4.52. The summed E-state index contributed by atoms with van der Waals surface area (Å²) in [6.45, 7) is 1.80. The Hall–Kier alpha value is -2.73. The molecule has 0 bridgehead atoms. The molecule has 0 aliphatic rings. The normalized spacial score (nSPS) is 12.6. The Morgan fingerprint density at radius 3 is 2.44 bits per heavy atom. The van der Waals surface area contributed by atoms with Crippen molar-refractivity contribution in [3.05, 3.63) is 82.6 Å². The van der Waals surface area contributed by atoms with E-state index in [4.69, 9.17) is 16.0 Å². The van der Waals surface area contributed by atoms with Crippen LogP contribution in [-0.2, 0) is 6.18 Å². The quantitative estimate of drug-likeness (QED) is 0.581. The zero-order valence-corrected chi connectivity index (χ0v) is 14.9. The van der Waals surface area contributed by atoms with Gasteiger partial charge >= 0.3 is 6.18 Å². The summed E-state index contributed by atoms with van der Waals surface area (Å²) in [6, 6.07) is 14.4. The van der Waals surface area contributed by atoms with Crippen molar-refractivity contribution in [2.24, 2.45) is 0 Å². The molecule has 0 aliphatic heterocycles. The number of alkyl halides is 3. The predicted molar refractivity (Wildman–Crippen MR) is 96.5 cm³/mol. The Balaban J connectivity index is 1.75. The van der Waals surface area contributed by atoms with E-state index in [1.54, 1.807) is 31.2 Å². The second kappa shape index (κ2) is 7.48. The highest BCUT2D eigenvalue weighted by Crippen LogP contribution is 2.32. The maximum atomic E-state index is 12.8. The van der Waals surface area contributed by atoms with Crippen molar-refractivity contribution in [2.45, 2.75) is 19.1 Å². The summed E-state index contributed by atoms with van der Waals surface area (Å²) in [7, 11) is 0. The van der Waals surface area contributed by atoms with Crippen molar-refractivity contribution in [3.8, 4) is 11.3 Å². The van der Waals surface area contributed by atoms with E-state index in [2.05, 4.69) is 5.32 Å². The van der Waals surface area contributed by atoms with E-state index in [-0.39, 0.29) is 23.1 Å². The maximum Gasteiger partial charge on any atom is 0.416 e. The fourth-order valence-electron chi connectivity index (χ4n) is 2.57. The standard InChI is InChI=1S/C20H15ClF3NO2/c1-12(13-5-7-16(21)8-6-13)25-19(26)18-10-9-17(27-18)14-3-2-4-15(11-14)20(22,23)24/h2-12H,1H3,(H,25,26). The predicted octanol–water partition coefficient (Wildman–Crippen LogP) is 6.11. The van der Waals surface area contributed by atoms with Crippen LogP contribution in [0.5, 0.6) is 0 Å². The van der Waals surface area contributed by atoms with Crippen molar-refractivity contribution in [1.82, 2.24) is 5.32 Å². The van der Waals surface area contributed by atoms with Crippen molar-refractivity contribution < 1.29 is 22.4 Å². The molecular formula is C20H15ClF3NO2. The Kier molecular flexibility index (Phi) is 5.28. The summed E-state index contributed by atoms with van der Waals surface area (Å²) >= 11 is 5.85. The van der Waals surface area contributed by atoms with Gasteiger partial charge in [0.1, 0.15) is 5.76 Å². The third-order valence-electron chi connectivity index (χ3n) is 4.02. The number of rotatable bonds is 4. The van der Waals surface area contributed by atoms with Gasteiger partial charge in [0.25, 0.3) is 5.91 Å². The molecule has 3 rings (SSSR count). The average molecular weight is 394 g/mol. The molecule has 1 unspecified atom stereocenters. The number of halogens is 4. The molecule has 0 saturated carbocycles. The van der Waals surface area contributed by atoms with E-state index in [9.17, 15) is 18.0 Å². The first-order chi connectivity index (χ1) is 12.7. The van der Waals surface area contributed by atoms with Crippen LogP contribution in [0.1, 0.15) is 34.6 Å². The Bertz CT molecular complexity index is 948. The number of amides is 1. The summed E-state index contributed by atoms with van der Waals surface area (Å²) in [6.07, 6.45) is -4.45. The molecule has 7 heteroatoms. The molecule has 1 aromatic heterocycles. The molecule has 1 heterocycles. The molecule has 27 heavy (non-hydrogen) atoms. The molecule has 3 aromatic rings. The van der Waals surface area contributed by atoms with Crippen LogP contribution in [0, 0.1) is 0 Å². The molecule has 0 aliphatic carbocycles. The summed E-state index contributed by atoms with van der Waals surface area (Å²) in [5.41, 5.74) is 0.325. The van der Waals surface area contributed by atoms with E-state index in [1.165, 1.54) is 24.3 Å². The molecule has 1 atom stereocenters. The lowest BCUT2D eigenvalue weighted by Crippen LogP contribution is -2.26. The van der Waals surface area contributed by atoms with Crippen molar-refractivity contribution >= 4 is 17.5 Å². The zero-order valence-electron chi connectivity index (χ0n) is 14.2. The van der Waals surface area contributed by atoms with E-state index in [1.807, 2.05) is 0 Å². The fraction of sp³-hybridized carbons (Fsp3) is 0.150. The summed E-state index contributed by atoms with van der Waals surface area (Å²) in [5.74, 6) is -0.260. The van der Waals surface area contributed by atoms with Gasteiger partial charge in [-0.05, 0) is 48.9 Å². The number of carbonyl (C=O) groups is 1. The number of carbonyl (C=O) groups excluding carboxylic acids is 1. The van der Waals surface area contributed by atoms with Crippen LogP contribution in [0.25, 0.3) is 11.3 Å². The Labute approximate surface area is 158 Å². The van der Waals surface area contributed by atoms with Crippen LogP contribution < -0.4 is 5.32 Å². The first-order valence-electron chi connectivity index (χ1n) is 8.08. The van der Waals surface area contributed by atoms with Gasteiger partial charge in [-0.2, -0.15) is 13.2 Å². The lowest BCUT2D eigenvalue weighted by molar-refractivity contribution is -0.137. The van der Waals surface area contributed by atoms with Gasteiger partial charge in [0.05, 0.1) is 11.6 Å². The molecule has 0 saturated heterocycles. The maximum absolute atomic E-state index is 12.8. The molecule has 0 radical (unpaired) electrons. The summed E-state index contributed by atoms with van der Waals surface area (Å²) in [4.78, 5) is 12.4. The van der Waals surface area contributed by atoms with E-state index >= 15 is 0 Å².